The van der Waals surface area contributed by atoms with Gasteiger partial charge in [-0.2, -0.15) is 0 Å². The van der Waals surface area contributed by atoms with Crippen LogP contribution in [-0.4, -0.2) is 17.4 Å². The highest BCUT2D eigenvalue weighted by atomic mass is 35.5. The van der Waals surface area contributed by atoms with Crippen molar-refractivity contribution in [3.8, 4) is 0 Å². The fourth-order valence-electron chi connectivity index (χ4n) is 1.52. The molecule has 0 aromatic heterocycles. The summed E-state index contributed by atoms with van der Waals surface area (Å²) in [6.45, 7) is 4.01. The molecule has 0 bridgehead atoms. The van der Waals surface area contributed by atoms with Crippen LogP contribution in [0.15, 0.2) is 46.1 Å². The van der Waals surface area contributed by atoms with Crippen LogP contribution in [0.25, 0.3) is 0 Å². The lowest BCUT2D eigenvalue weighted by Crippen LogP contribution is -2.29. The third-order valence-corrected chi connectivity index (χ3v) is 3.47. The Morgan fingerprint density at radius 2 is 1.78 bits per heavy atom. The highest BCUT2D eigenvalue weighted by Gasteiger charge is 2.21. The van der Waals surface area contributed by atoms with Gasteiger partial charge in [-0.3, -0.25) is 4.79 Å². The molecule has 18 heavy (non-hydrogen) atoms. The van der Waals surface area contributed by atoms with Gasteiger partial charge in [-0.05, 0) is 36.8 Å². The van der Waals surface area contributed by atoms with Gasteiger partial charge in [-0.1, -0.05) is 34.8 Å². The molecule has 1 heterocycles. The lowest BCUT2D eigenvalue weighted by Gasteiger charge is -2.24. The number of carbonyl (C=O) groups excluding carboxylic acids is 1. The SMILES string of the molecule is [CH2]C1=C(Cl)CN(C(=O)c2ccc(Cl)cc2)C=C1Cl. The Kier molecular flexibility index (Phi) is 4.00. The van der Waals surface area contributed by atoms with E-state index in [0.29, 0.717) is 26.2 Å². The second kappa shape index (κ2) is 5.35. The first-order chi connectivity index (χ1) is 8.49. The van der Waals surface area contributed by atoms with Crippen LogP contribution in [0.4, 0.5) is 0 Å². The summed E-state index contributed by atoms with van der Waals surface area (Å²) in [6.07, 6.45) is 1.53. The maximum Gasteiger partial charge on any atom is 0.258 e. The molecule has 0 aliphatic carbocycles. The lowest BCUT2D eigenvalue weighted by molar-refractivity contribution is 0.0832. The molecule has 0 saturated carbocycles. The molecule has 0 atom stereocenters. The first kappa shape index (κ1) is 13.5. The van der Waals surface area contributed by atoms with Gasteiger partial charge in [0.1, 0.15) is 0 Å². The van der Waals surface area contributed by atoms with Gasteiger partial charge >= 0.3 is 0 Å². The van der Waals surface area contributed by atoms with Crippen molar-refractivity contribution in [2.24, 2.45) is 0 Å². The van der Waals surface area contributed by atoms with Crippen molar-refractivity contribution in [3.63, 3.8) is 0 Å². The van der Waals surface area contributed by atoms with E-state index in [2.05, 4.69) is 6.92 Å². The molecule has 0 fully saturated rings. The number of amides is 1. The van der Waals surface area contributed by atoms with Crippen LogP contribution in [-0.2, 0) is 0 Å². The standard InChI is InChI=1S/C13H9Cl3NO/c1-8-11(15)6-17(7-12(8)16)13(18)9-2-4-10(14)5-3-9/h2-6H,1,7H2. The second-order valence-electron chi connectivity index (χ2n) is 3.80. The molecule has 1 radical (unpaired) electrons. The van der Waals surface area contributed by atoms with Gasteiger partial charge in [0.15, 0.2) is 0 Å². The molecule has 2 nitrogen and oxygen atoms in total. The minimum Gasteiger partial charge on any atom is -0.308 e. The quantitative estimate of drug-likeness (QED) is 0.761. The van der Waals surface area contributed by atoms with Crippen LogP contribution in [0.5, 0.6) is 0 Å². The highest BCUT2D eigenvalue weighted by Crippen LogP contribution is 2.27. The topological polar surface area (TPSA) is 20.3 Å². The minimum atomic E-state index is -0.185. The van der Waals surface area contributed by atoms with Gasteiger partial charge < -0.3 is 4.90 Å². The van der Waals surface area contributed by atoms with Crippen molar-refractivity contribution < 1.29 is 4.79 Å². The summed E-state index contributed by atoms with van der Waals surface area (Å²) in [7, 11) is 0. The number of hydrogen-bond acceptors (Lipinski definition) is 1. The summed E-state index contributed by atoms with van der Waals surface area (Å²) in [6, 6.07) is 6.64. The average molecular weight is 302 g/mol. The Labute approximate surface area is 120 Å². The molecule has 1 aliphatic heterocycles. The van der Waals surface area contributed by atoms with Crippen LogP contribution in [0.3, 0.4) is 0 Å². The third kappa shape index (κ3) is 2.72. The molecule has 0 unspecified atom stereocenters. The normalized spacial score (nSPS) is 15.8. The number of nitrogens with zero attached hydrogens (tertiary/aromatic N) is 1. The maximum absolute atomic E-state index is 12.2. The van der Waals surface area contributed by atoms with Crippen molar-refractivity contribution in [2.75, 3.05) is 6.54 Å². The molecule has 2 rings (SSSR count). The molecule has 1 amide bonds. The van der Waals surface area contributed by atoms with E-state index in [1.807, 2.05) is 0 Å². The van der Waals surface area contributed by atoms with Gasteiger partial charge in [0.2, 0.25) is 0 Å². The van der Waals surface area contributed by atoms with Crippen LogP contribution in [0, 0.1) is 6.92 Å². The van der Waals surface area contributed by atoms with Gasteiger partial charge in [0.05, 0.1) is 11.6 Å². The van der Waals surface area contributed by atoms with E-state index in [4.69, 9.17) is 34.8 Å². The van der Waals surface area contributed by atoms with E-state index < -0.39 is 0 Å². The largest absolute Gasteiger partial charge is 0.308 e. The predicted molar refractivity (Wildman–Crippen MR) is 74.7 cm³/mol. The van der Waals surface area contributed by atoms with E-state index in [-0.39, 0.29) is 12.5 Å². The molecule has 1 aromatic carbocycles. The van der Waals surface area contributed by atoms with E-state index >= 15 is 0 Å². The van der Waals surface area contributed by atoms with Crippen molar-refractivity contribution in [2.45, 2.75) is 0 Å². The second-order valence-corrected chi connectivity index (χ2v) is 5.10. The first-order valence-electron chi connectivity index (χ1n) is 5.14. The van der Waals surface area contributed by atoms with Crippen LogP contribution >= 0.6 is 34.8 Å². The maximum atomic E-state index is 12.2. The molecular weight excluding hydrogens is 293 g/mol. The molecule has 0 saturated heterocycles. The van der Waals surface area contributed by atoms with Crippen molar-refractivity contribution >= 4 is 40.7 Å². The van der Waals surface area contributed by atoms with Crippen LogP contribution in [0.1, 0.15) is 10.4 Å². The van der Waals surface area contributed by atoms with Gasteiger partial charge in [0.25, 0.3) is 5.91 Å². The number of benzene rings is 1. The van der Waals surface area contributed by atoms with E-state index in [1.165, 1.54) is 11.1 Å². The summed E-state index contributed by atoms with van der Waals surface area (Å²) in [5, 5.41) is 1.41. The molecular formula is C13H9Cl3NO. The fraction of sp³-hybridized carbons (Fsp3) is 0.0769. The number of halogens is 3. The van der Waals surface area contributed by atoms with Gasteiger partial charge in [-0.15, -0.1) is 0 Å². The molecule has 0 N–H and O–H groups in total. The van der Waals surface area contributed by atoms with Crippen molar-refractivity contribution in [3.05, 3.63) is 63.6 Å². The number of hydrogen-bond donors (Lipinski definition) is 0. The Morgan fingerprint density at radius 1 is 1.17 bits per heavy atom. The van der Waals surface area contributed by atoms with Crippen molar-refractivity contribution in [1.29, 1.82) is 0 Å². The first-order valence-corrected chi connectivity index (χ1v) is 6.27. The molecule has 1 aromatic rings. The van der Waals surface area contributed by atoms with Crippen LogP contribution < -0.4 is 0 Å². The average Bonchev–Trinajstić information content (AvgIpc) is 2.35. The number of carbonyl (C=O) groups is 1. The Hall–Kier alpha value is -0.960. The summed E-state index contributed by atoms with van der Waals surface area (Å²) < 4.78 is 0. The van der Waals surface area contributed by atoms with Crippen LogP contribution in [0.2, 0.25) is 5.02 Å². The number of rotatable bonds is 1. The fourth-order valence-corrected chi connectivity index (χ4v) is 2.16. The number of allylic oxidation sites excluding steroid dienone is 2. The predicted octanol–water partition coefficient (Wildman–Crippen LogP) is 4.20. The Morgan fingerprint density at radius 3 is 2.33 bits per heavy atom. The Balaban J connectivity index is 2.24. The zero-order valence-electron chi connectivity index (χ0n) is 9.29. The summed E-state index contributed by atoms with van der Waals surface area (Å²) in [4.78, 5) is 13.6. The Bertz CT molecular complexity index is 546. The molecule has 1 aliphatic rings. The molecule has 5 heteroatoms. The summed E-state index contributed by atoms with van der Waals surface area (Å²) in [5.74, 6) is -0.185. The smallest absolute Gasteiger partial charge is 0.258 e. The van der Waals surface area contributed by atoms with E-state index in [9.17, 15) is 4.79 Å². The highest BCUT2D eigenvalue weighted by molar-refractivity contribution is 6.36. The van der Waals surface area contributed by atoms with Gasteiger partial charge in [-0.25, -0.2) is 0 Å². The monoisotopic (exact) mass is 300 g/mol. The summed E-state index contributed by atoms with van der Waals surface area (Å²) >= 11 is 17.7. The van der Waals surface area contributed by atoms with Crippen molar-refractivity contribution in [1.82, 2.24) is 4.90 Å². The van der Waals surface area contributed by atoms with E-state index in [1.54, 1.807) is 24.3 Å². The zero-order valence-corrected chi connectivity index (χ0v) is 11.6. The molecule has 0 spiro atoms. The van der Waals surface area contributed by atoms with E-state index in [0.717, 1.165) is 0 Å². The van der Waals surface area contributed by atoms with Gasteiger partial charge in [0, 0.05) is 21.8 Å². The summed E-state index contributed by atoms with van der Waals surface area (Å²) in [5.41, 5.74) is 1.08. The molecule has 93 valence electrons. The third-order valence-electron chi connectivity index (χ3n) is 2.55. The lowest BCUT2D eigenvalue weighted by atomic mass is 10.1. The minimum absolute atomic E-state index is 0.185. The zero-order chi connectivity index (χ0) is 13.3.